The fraction of sp³-hybridized carbons (Fsp3) is 0.333. The van der Waals surface area contributed by atoms with Crippen LogP contribution in [0.2, 0.25) is 0 Å². The Hall–Kier alpha value is -1.14. The normalized spacial score (nSPS) is 12.8. The van der Waals surface area contributed by atoms with E-state index in [0.717, 1.165) is 5.56 Å². The molecule has 0 unspecified atom stereocenters. The van der Waals surface area contributed by atoms with Gasteiger partial charge in [0.2, 0.25) is 0 Å². The van der Waals surface area contributed by atoms with Crippen LogP contribution in [0.5, 0.6) is 0 Å². The Morgan fingerprint density at radius 3 is 2.78 bits per heavy atom. The molecule has 1 atom stereocenters. The van der Waals surface area contributed by atoms with Gasteiger partial charge in [0, 0.05) is 17.5 Å². The lowest BCUT2D eigenvalue weighted by Gasteiger charge is -2.10. The van der Waals surface area contributed by atoms with Crippen molar-refractivity contribution in [3.63, 3.8) is 0 Å². The van der Waals surface area contributed by atoms with Gasteiger partial charge in [-0.3, -0.25) is 9.36 Å². The molecule has 96 valence electrons. The molecule has 0 amide bonds. The zero-order valence-electron chi connectivity index (χ0n) is 9.88. The fourth-order valence-electron chi connectivity index (χ4n) is 1.86. The summed E-state index contributed by atoms with van der Waals surface area (Å²) in [4.78, 5) is 26.9. The maximum absolute atomic E-state index is 12.2. The van der Waals surface area contributed by atoms with Crippen LogP contribution in [-0.2, 0) is 6.54 Å². The van der Waals surface area contributed by atoms with E-state index in [1.165, 1.54) is 4.57 Å². The molecule has 0 radical (unpaired) electrons. The highest BCUT2D eigenvalue weighted by molar-refractivity contribution is 7.84. The summed E-state index contributed by atoms with van der Waals surface area (Å²) in [6.07, 6.45) is 0. The van der Waals surface area contributed by atoms with Gasteiger partial charge in [-0.15, -0.1) is 0 Å². The lowest BCUT2D eigenvalue weighted by atomic mass is 10.1. The van der Waals surface area contributed by atoms with Crippen molar-refractivity contribution in [1.29, 1.82) is 0 Å². The molecule has 4 nitrogen and oxygen atoms in total. The maximum atomic E-state index is 12.2. The molecule has 0 saturated heterocycles. The van der Waals surface area contributed by atoms with Crippen molar-refractivity contribution >= 4 is 36.2 Å². The Kier molecular flexibility index (Phi) is 3.87. The second kappa shape index (κ2) is 5.24. The van der Waals surface area contributed by atoms with Crippen LogP contribution < -0.4 is 11.2 Å². The highest BCUT2D eigenvalue weighted by Gasteiger charge is 2.11. The van der Waals surface area contributed by atoms with Crippen molar-refractivity contribution < 1.29 is 0 Å². The first-order chi connectivity index (χ1) is 8.54. The van der Waals surface area contributed by atoms with E-state index in [4.69, 9.17) is 0 Å². The second-order valence-electron chi connectivity index (χ2n) is 4.18. The third-order valence-corrected chi connectivity index (χ3v) is 3.90. The molecule has 0 aliphatic heterocycles. The molecule has 0 bridgehead atoms. The predicted molar refractivity (Wildman–Crippen MR) is 80.2 cm³/mol. The van der Waals surface area contributed by atoms with Gasteiger partial charge in [0.15, 0.2) is 0 Å². The van der Waals surface area contributed by atoms with E-state index in [1.807, 2.05) is 13.0 Å². The predicted octanol–water partition coefficient (Wildman–Crippen LogP) is 1.23. The lowest BCUT2D eigenvalue weighted by Crippen LogP contribution is -2.37. The minimum atomic E-state index is -0.400. The molecule has 1 N–H and O–H groups in total. The van der Waals surface area contributed by atoms with Crippen LogP contribution in [0.25, 0.3) is 10.9 Å². The van der Waals surface area contributed by atoms with Crippen LogP contribution >= 0.6 is 25.3 Å². The molecule has 0 spiro atoms. The Labute approximate surface area is 115 Å². The number of benzene rings is 1. The topological polar surface area (TPSA) is 54.9 Å². The third-order valence-electron chi connectivity index (χ3n) is 2.83. The molecule has 1 heterocycles. The summed E-state index contributed by atoms with van der Waals surface area (Å²) in [5, 5.41) is 0.392. The summed E-state index contributed by atoms with van der Waals surface area (Å²) in [7, 11) is 0. The average Bonchev–Trinajstić information content (AvgIpc) is 2.35. The van der Waals surface area contributed by atoms with Crippen molar-refractivity contribution in [2.24, 2.45) is 0 Å². The Morgan fingerprint density at radius 1 is 1.39 bits per heavy atom. The first kappa shape index (κ1) is 13.3. The smallest absolute Gasteiger partial charge is 0.306 e. The van der Waals surface area contributed by atoms with Gasteiger partial charge in [-0.05, 0) is 18.6 Å². The number of nitrogens with zero attached hydrogens (tertiary/aromatic N) is 1. The molecule has 2 aromatic rings. The monoisotopic (exact) mass is 282 g/mol. The summed E-state index contributed by atoms with van der Waals surface area (Å²) >= 11 is 8.36. The first-order valence-corrected chi connectivity index (χ1v) is 6.71. The SMILES string of the molecule is Cc1cccc2c(=O)n(C[C@@H](S)CS)c(=O)[nH]c12. The van der Waals surface area contributed by atoms with E-state index >= 15 is 0 Å². The largest absolute Gasteiger partial charge is 0.328 e. The van der Waals surface area contributed by atoms with Gasteiger partial charge in [0.1, 0.15) is 0 Å². The average molecular weight is 282 g/mol. The van der Waals surface area contributed by atoms with Gasteiger partial charge in [-0.1, -0.05) is 12.1 Å². The van der Waals surface area contributed by atoms with E-state index in [2.05, 4.69) is 30.2 Å². The van der Waals surface area contributed by atoms with Gasteiger partial charge in [0.05, 0.1) is 10.9 Å². The van der Waals surface area contributed by atoms with Crippen molar-refractivity contribution in [3.8, 4) is 0 Å². The van der Waals surface area contributed by atoms with Gasteiger partial charge < -0.3 is 4.98 Å². The highest BCUT2D eigenvalue weighted by atomic mass is 32.1. The number of H-pyrrole nitrogens is 1. The minimum absolute atomic E-state index is 0.130. The Morgan fingerprint density at radius 2 is 2.11 bits per heavy atom. The minimum Gasteiger partial charge on any atom is -0.306 e. The summed E-state index contributed by atoms with van der Waals surface area (Å²) in [6, 6.07) is 5.38. The Bertz CT molecular complexity index is 691. The molecule has 1 aromatic carbocycles. The van der Waals surface area contributed by atoms with E-state index in [-0.39, 0.29) is 17.4 Å². The van der Waals surface area contributed by atoms with E-state index < -0.39 is 5.69 Å². The van der Waals surface area contributed by atoms with Crippen LogP contribution in [0.1, 0.15) is 5.56 Å². The van der Waals surface area contributed by atoms with Gasteiger partial charge in [0.25, 0.3) is 5.56 Å². The number of rotatable bonds is 3. The number of aromatic nitrogens is 2. The fourth-order valence-corrected chi connectivity index (χ4v) is 2.14. The zero-order chi connectivity index (χ0) is 13.3. The first-order valence-electron chi connectivity index (χ1n) is 5.56. The van der Waals surface area contributed by atoms with Crippen LogP contribution in [0.3, 0.4) is 0 Å². The second-order valence-corrected chi connectivity index (χ2v) is 5.28. The van der Waals surface area contributed by atoms with Gasteiger partial charge in [-0.25, -0.2) is 4.79 Å². The van der Waals surface area contributed by atoms with E-state index in [0.29, 0.717) is 16.7 Å². The zero-order valence-corrected chi connectivity index (χ0v) is 11.7. The quantitative estimate of drug-likeness (QED) is 0.742. The van der Waals surface area contributed by atoms with E-state index in [9.17, 15) is 9.59 Å². The molecular formula is C12H14N2O2S2. The van der Waals surface area contributed by atoms with Crippen LogP contribution in [0.4, 0.5) is 0 Å². The number of hydrogen-bond acceptors (Lipinski definition) is 4. The van der Waals surface area contributed by atoms with Crippen molar-refractivity contribution in [3.05, 3.63) is 44.6 Å². The molecule has 0 saturated carbocycles. The van der Waals surface area contributed by atoms with E-state index in [1.54, 1.807) is 12.1 Å². The highest BCUT2D eigenvalue weighted by Crippen LogP contribution is 2.10. The summed E-state index contributed by atoms with van der Waals surface area (Å²) < 4.78 is 1.18. The number of thiol groups is 2. The number of para-hydroxylation sites is 1. The molecule has 1 aromatic heterocycles. The van der Waals surface area contributed by atoms with Crippen LogP contribution in [0, 0.1) is 6.92 Å². The van der Waals surface area contributed by atoms with Crippen molar-refractivity contribution in [2.45, 2.75) is 18.7 Å². The molecule has 18 heavy (non-hydrogen) atoms. The van der Waals surface area contributed by atoms with Crippen molar-refractivity contribution in [1.82, 2.24) is 9.55 Å². The van der Waals surface area contributed by atoms with Gasteiger partial charge in [-0.2, -0.15) is 25.3 Å². The summed E-state index contributed by atoms with van der Waals surface area (Å²) in [5.41, 5.74) is 0.803. The molecule has 6 heteroatoms. The molecular weight excluding hydrogens is 268 g/mol. The van der Waals surface area contributed by atoms with Gasteiger partial charge >= 0.3 is 5.69 Å². The lowest BCUT2D eigenvalue weighted by molar-refractivity contribution is 0.639. The number of hydrogen-bond donors (Lipinski definition) is 3. The molecule has 0 aliphatic carbocycles. The summed E-state index contributed by atoms with van der Waals surface area (Å²) in [6.45, 7) is 2.11. The molecule has 0 aliphatic rings. The number of aromatic amines is 1. The number of aryl methyl sites for hydroxylation is 1. The molecule has 2 rings (SSSR count). The molecule has 0 fully saturated rings. The maximum Gasteiger partial charge on any atom is 0.328 e. The third kappa shape index (κ3) is 2.35. The Balaban J connectivity index is 2.70. The standard InChI is InChI=1S/C12H14N2O2S2/c1-7-3-2-4-9-10(7)13-12(16)14(11(9)15)5-8(18)6-17/h2-4,8,17-18H,5-6H2,1H3,(H,13,16)/t8-/m1/s1. The van der Waals surface area contributed by atoms with Crippen molar-refractivity contribution in [2.75, 3.05) is 5.75 Å². The number of nitrogens with one attached hydrogen (secondary N) is 1. The number of fused-ring (bicyclic) bond motifs is 1. The van der Waals surface area contributed by atoms with Crippen LogP contribution in [-0.4, -0.2) is 20.6 Å². The van der Waals surface area contributed by atoms with Crippen LogP contribution in [0.15, 0.2) is 27.8 Å². The summed E-state index contributed by atoms with van der Waals surface area (Å²) in [5.74, 6) is 0.501.